The maximum Gasteiger partial charge on any atom is 0.307 e. The predicted molar refractivity (Wildman–Crippen MR) is 215 cm³/mol. The van der Waals surface area contributed by atoms with Crippen molar-refractivity contribution in [3.05, 3.63) is 36.4 Å². The Morgan fingerprint density at radius 3 is 2.38 bits per heavy atom. The lowest BCUT2D eigenvalue weighted by molar-refractivity contribution is -0.197. The fourth-order valence-electron chi connectivity index (χ4n) is 8.60. The number of ketones is 1. The number of hydrogen-bond acceptors (Lipinski definition) is 11. The van der Waals surface area contributed by atoms with Crippen LogP contribution in [0.1, 0.15) is 92.4 Å². The van der Waals surface area contributed by atoms with E-state index in [0.717, 1.165) is 13.8 Å². The van der Waals surface area contributed by atoms with Crippen LogP contribution in [0.2, 0.25) is 0 Å². The number of sulfonamides is 1. The SMILES string of the molecule is COc1ccc2c(O[C@@H]3C[C@H]4C(=O)C[C@]5(C(=O)NS(=O)(=O)C6(C(F)F)CC6)C[C@H]5/C=C\CC[C@@H](C)C[C@@H](C)[C@H](CC(=O)OC(C)(C)C(C)(F)F)C(=O)N4C3)nc(OC)cc2c1. The van der Waals surface area contributed by atoms with Crippen LogP contribution in [0, 0.1) is 29.1 Å². The third-order valence-corrected chi connectivity index (χ3v) is 15.3. The molecule has 3 fully saturated rings. The summed E-state index contributed by atoms with van der Waals surface area (Å²) in [5.74, 6) is -8.13. The second-order valence-electron chi connectivity index (χ2n) is 18.0. The summed E-state index contributed by atoms with van der Waals surface area (Å²) in [7, 11) is -1.89. The third-order valence-electron chi connectivity index (χ3n) is 13.1. The molecule has 336 valence electrons. The first-order valence-electron chi connectivity index (χ1n) is 20.6. The van der Waals surface area contributed by atoms with Gasteiger partial charge in [0, 0.05) is 31.2 Å². The molecule has 2 aliphatic heterocycles. The molecule has 2 saturated carbocycles. The van der Waals surface area contributed by atoms with Crippen LogP contribution in [-0.2, 0) is 33.9 Å². The standard InChI is InChI=1S/C43H55F4N3O10S/c1-24-10-8-9-11-27-21-42(27,39(54)49-61(55,56)43(14-15-43)38(44)45)22-33(51)32-19-29(59-36-30-13-12-28(57-6)17-26(30)18-34(48-36)58-7)23-50(32)37(53)31(25(2)16-24)20-35(52)60-40(3,4)41(5,46)47/h9,11-13,17-18,24-25,27,29,31-32,38H,8,10,14-16,19-23H2,1-7H3,(H,49,54)/b11-9-/t24-,25-,27-,29-,31+,32+,42-/m1/s1. The van der Waals surface area contributed by atoms with E-state index in [0.29, 0.717) is 42.7 Å². The molecule has 2 aliphatic carbocycles. The first-order valence-corrected chi connectivity index (χ1v) is 22.1. The number of benzene rings is 1. The molecule has 18 heteroatoms. The number of ether oxygens (including phenoxy) is 4. The predicted octanol–water partition coefficient (Wildman–Crippen LogP) is 6.81. The molecule has 1 N–H and O–H groups in total. The molecule has 0 radical (unpaired) electrons. The smallest absolute Gasteiger partial charge is 0.307 e. The lowest BCUT2D eigenvalue weighted by Crippen LogP contribution is -2.49. The van der Waals surface area contributed by atoms with Crippen LogP contribution in [0.25, 0.3) is 10.8 Å². The summed E-state index contributed by atoms with van der Waals surface area (Å²) in [6, 6.07) is 5.59. The highest BCUT2D eigenvalue weighted by atomic mass is 32.2. The molecule has 0 unspecified atom stereocenters. The van der Waals surface area contributed by atoms with E-state index in [9.17, 15) is 45.2 Å². The van der Waals surface area contributed by atoms with Crippen LogP contribution < -0.4 is 18.9 Å². The fraction of sp³-hybridized carbons (Fsp3) is 0.651. The van der Waals surface area contributed by atoms with E-state index in [4.69, 9.17) is 18.9 Å². The maximum atomic E-state index is 15.0. The molecule has 6 rings (SSSR count). The number of esters is 1. The number of alkyl halides is 4. The summed E-state index contributed by atoms with van der Waals surface area (Å²) in [6.07, 6.45) is -0.752. The van der Waals surface area contributed by atoms with Crippen LogP contribution in [0.3, 0.4) is 0 Å². The van der Waals surface area contributed by atoms with Gasteiger partial charge in [-0.3, -0.25) is 23.9 Å². The van der Waals surface area contributed by atoms with E-state index in [1.54, 1.807) is 37.3 Å². The van der Waals surface area contributed by atoms with Crippen molar-refractivity contribution in [2.75, 3.05) is 20.8 Å². The largest absolute Gasteiger partial charge is 0.497 e. The molecule has 61 heavy (non-hydrogen) atoms. The molecule has 1 aromatic heterocycles. The van der Waals surface area contributed by atoms with Crippen LogP contribution >= 0.6 is 0 Å². The Kier molecular flexibility index (Phi) is 12.8. The summed E-state index contributed by atoms with van der Waals surface area (Å²) in [6.45, 7) is 6.33. The van der Waals surface area contributed by atoms with Crippen molar-refractivity contribution in [3.63, 3.8) is 0 Å². The van der Waals surface area contributed by atoms with Gasteiger partial charge in [0.15, 0.2) is 16.1 Å². The van der Waals surface area contributed by atoms with Crippen molar-refractivity contribution in [3.8, 4) is 17.5 Å². The Hall–Kier alpha value is -4.48. The summed E-state index contributed by atoms with van der Waals surface area (Å²) in [4.78, 5) is 62.9. The number of pyridine rings is 1. The van der Waals surface area contributed by atoms with Crippen LogP contribution in [0.5, 0.6) is 17.5 Å². The topological polar surface area (TPSA) is 167 Å². The molecular weight excluding hydrogens is 827 g/mol. The van der Waals surface area contributed by atoms with Gasteiger partial charge in [0.05, 0.1) is 44.6 Å². The second-order valence-corrected chi connectivity index (χ2v) is 20.0. The minimum absolute atomic E-state index is 0.00729. The normalized spacial score (nSPS) is 28.8. The van der Waals surface area contributed by atoms with Crippen molar-refractivity contribution in [2.45, 2.75) is 127 Å². The number of carbonyl (C=O) groups is 4. The van der Waals surface area contributed by atoms with E-state index in [1.807, 2.05) is 17.7 Å². The highest BCUT2D eigenvalue weighted by Crippen LogP contribution is 2.58. The number of nitrogens with zero attached hydrogens (tertiary/aromatic N) is 2. The van der Waals surface area contributed by atoms with Gasteiger partial charge < -0.3 is 23.8 Å². The Morgan fingerprint density at radius 1 is 1.05 bits per heavy atom. The average Bonchev–Trinajstić information content (AvgIpc) is 4.09. The van der Waals surface area contributed by atoms with Crippen molar-refractivity contribution in [1.29, 1.82) is 0 Å². The number of aromatic nitrogens is 1. The van der Waals surface area contributed by atoms with Gasteiger partial charge in [0.1, 0.15) is 11.9 Å². The molecule has 0 spiro atoms. The van der Waals surface area contributed by atoms with Crippen LogP contribution in [0.4, 0.5) is 17.6 Å². The van der Waals surface area contributed by atoms with E-state index in [1.165, 1.54) is 19.1 Å². The summed E-state index contributed by atoms with van der Waals surface area (Å²) >= 11 is 0. The minimum atomic E-state index is -4.83. The Morgan fingerprint density at radius 2 is 1.75 bits per heavy atom. The molecule has 2 aromatic rings. The van der Waals surface area contributed by atoms with Crippen molar-refractivity contribution in [2.24, 2.45) is 29.1 Å². The van der Waals surface area contributed by atoms with E-state index >= 15 is 0 Å². The number of allylic oxidation sites excluding steroid dienone is 2. The number of Topliss-reactive ketones (excluding diaryl/α,β-unsaturated/α-hetero) is 1. The first-order chi connectivity index (χ1) is 28.5. The second kappa shape index (κ2) is 17.0. The minimum Gasteiger partial charge on any atom is -0.497 e. The monoisotopic (exact) mass is 881 g/mol. The zero-order valence-corrected chi connectivity index (χ0v) is 36.3. The summed E-state index contributed by atoms with van der Waals surface area (Å²) < 4.78 is 105. The van der Waals surface area contributed by atoms with E-state index < -0.39 is 104 Å². The quantitative estimate of drug-likeness (QED) is 0.135. The van der Waals surface area contributed by atoms with Crippen molar-refractivity contribution < 1.29 is 64.1 Å². The number of rotatable bonds is 12. The molecule has 4 aliphatic rings. The molecule has 1 saturated heterocycles. The molecule has 0 bridgehead atoms. The van der Waals surface area contributed by atoms with Gasteiger partial charge in [-0.15, -0.1) is 0 Å². The van der Waals surface area contributed by atoms with Gasteiger partial charge in [0.25, 0.3) is 12.3 Å². The Bertz CT molecular complexity index is 2170. The number of fused-ring (bicyclic) bond motifs is 3. The van der Waals surface area contributed by atoms with Gasteiger partial charge in [0.2, 0.25) is 33.6 Å². The lowest BCUT2D eigenvalue weighted by Gasteiger charge is -2.34. The number of amides is 2. The summed E-state index contributed by atoms with van der Waals surface area (Å²) in [5, 5.41) is 1.21. The van der Waals surface area contributed by atoms with Crippen LogP contribution in [-0.4, -0.2) is 97.5 Å². The van der Waals surface area contributed by atoms with Gasteiger partial charge in [-0.1, -0.05) is 26.0 Å². The third kappa shape index (κ3) is 9.34. The Balaban J connectivity index is 1.37. The molecule has 3 heterocycles. The van der Waals surface area contributed by atoms with Crippen LogP contribution in [0.15, 0.2) is 36.4 Å². The zero-order chi connectivity index (χ0) is 44.9. The number of hydrogen-bond donors (Lipinski definition) is 1. The zero-order valence-electron chi connectivity index (χ0n) is 35.5. The molecule has 2 amide bonds. The van der Waals surface area contributed by atoms with Crippen molar-refractivity contribution in [1.82, 2.24) is 14.6 Å². The number of carbonyl (C=O) groups excluding carboxylic acids is 4. The van der Waals surface area contributed by atoms with Crippen molar-refractivity contribution >= 4 is 44.4 Å². The molecule has 1 aromatic carbocycles. The molecular formula is C43H55F4N3O10S. The number of methoxy groups -OCH3 is 2. The maximum absolute atomic E-state index is 15.0. The lowest BCUT2D eigenvalue weighted by atomic mass is 9.82. The summed E-state index contributed by atoms with van der Waals surface area (Å²) in [5.41, 5.74) is -3.82. The highest BCUT2D eigenvalue weighted by Gasteiger charge is 2.66. The Labute approximate surface area is 353 Å². The van der Waals surface area contributed by atoms with Gasteiger partial charge >= 0.3 is 5.97 Å². The first kappa shape index (κ1) is 46.0. The van der Waals surface area contributed by atoms with E-state index in [2.05, 4.69) is 4.98 Å². The fourth-order valence-corrected chi connectivity index (χ4v) is 10.1. The van der Waals surface area contributed by atoms with E-state index in [-0.39, 0.29) is 49.9 Å². The number of halogens is 4. The molecule has 7 atom stereocenters. The van der Waals surface area contributed by atoms with Gasteiger partial charge in [-0.25, -0.2) is 26.0 Å². The average molecular weight is 882 g/mol. The highest BCUT2D eigenvalue weighted by molar-refractivity contribution is 7.91. The van der Waals surface area contributed by atoms with Gasteiger partial charge in [-0.05, 0) is 93.7 Å². The molecule has 13 nitrogen and oxygen atoms in total. The van der Waals surface area contributed by atoms with Gasteiger partial charge in [-0.2, -0.15) is 4.98 Å². The number of nitrogens with one attached hydrogen (secondary N) is 1.